The van der Waals surface area contributed by atoms with Crippen LogP contribution in [0.3, 0.4) is 0 Å². The van der Waals surface area contributed by atoms with E-state index >= 15 is 0 Å². The first-order valence-electron chi connectivity index (χ1n) is 5.35. The molecular weight excluding hydrogens is 290 g/mol. The van der Waals surface area contributed by atoms with Crippen LogP contribution < -0.4 is 4.72 Å². The van der Waals surface area contributed by atoms with Crippen molar-refractivity contribution in [1.82, 2.24) is 0 Å². The SMILES string of the molecule is Cc1oc(C)c(S(=O)(=O)Nc2cccs2)c1C(O)O. The van der Waals surface area contributed by atoms with Gasteiger partial charge >= 0.3 is 0 Å². The van der Waals surface area contributed by atoms with Crippen molar-refractivity contribution in [2.24, 2.45) is 0 Å². The number of hydrogen-bond donors (Lipinski definition) is 3. The minimum atomic E-state index is -3.92. The Morgan fingerprint density at radius 1 is 1.32 bits per heavy atom. The summed E-state index contributed by atoms with van der Waals surface area (Å²) in [6, 6.07) is 3.32. The molecule has 0 atom stereocenters. The number of hydrogen-bond acceptors (Lipinski definition) is 6. The van der Waals surface area contributed by atoms with Crippen LogP contribution in [0, 0.1) is 13.8 Å². The number of sulfonamides is 1. The first-order chi connectivity index (χ1) is 8.83. The number of thiophene rings is 1. The zero-order valence-corrected chi connectivity index (χ0v) is 11.9. The first-order valence-corrected chi connectivity index (χ1v) is 7.71. The third kappa shape index (κ3) is 2.66. The molecule has 0 saturated carbocycles. The molecule has 0 aliphatic heterocycles. The summed E-state index contributed by atoms with van der Waals surface area (Å²) in [6.45, 7) is 2.94. The highest BCUT2D eigenvalue weighted by molar-refractivity contribution is 7.93. The second kappa shape index (κ2) is 4.97. The zero-order valence-electron chi connectivity index (χ0n) is 10.2. The summed E-state index contributed by atoms with van der Waals surface area (Å²) in [4.78, 5) is -0.228. The summed E-state index contributed by atoms with van der Waals surface area (Å²) in [7, 11) is -3.92. The third-order valence-electron chi connectivity index (χ3n) is 2.53. The van der Waals surface area contributed by atoms with Gasteiger partial charge in [-0.3, -0.25) is 4.72 Å². The molecule has 0 bridgehead atoms. The van der Waals surface area contributed by atoms with Crippen LogP contribution in [-0.2, 0) is 10.0 Å². The van der Waals surface area contributed by atoms with Gasteiger partial charge in [0, 0.05) is 0 Å². The van der Waals surface area contributed by atoms with Crippen LogP contribution in [0.15, 0.2) is 26.8 Å². The van der Waals surface area contributed by atoms with Gasteiger partial charge in [-0.15, -0.1) is 11.3 Å². The van der Waals surface area contributed by atoms with Crippen LogP contribution in [-0.4, -0.2) is 18.6 Å². The van der Waals surface area contributed by atoms with E-state index in [1.54, 1.807) is 17.5 Å². The molecule has 6 nitrogen and oxygen atoms in total. The highest BCUT2D eigenvalue weighted by Crippen LogP contribution is 2.32. The summed E-state index contributed by atoms with van der Waals surface area (Å²) >= 11 is 1.23. The molecule has 0 aliphatic carbocycles. The molecule has 0 saturated heterocycles. The van der Waals surface area contributed by atoms with E-state index in [0.717, 1.165) is 0 Å². The molecule has 2 aromatic heterocycles. The summed E-state index contributed by atoms with van der Waals surface area (Å²) in [5.74, 6) is 0.281. The Morgan fingerprint density at radius 2 is 2.00 bits per heavy atom. The number of aliphatic hydroxyl groups is 2. The summed E-state index contributed by atoms with van der Waals surface area (Å²) < 4.78 is 32.1. The topological polar surface area (TPSA) is 99.8 Å². The maximum Gasteiger partial charge on any atom is 0.266 e. The van der Waals surface area contributed by atoms with E-state index in [1.807, 2.05) is 0 Å². The molecule has 0 aromatic carbocycles. The fourth-order valence-electron chi connectivity index (χ4n) is 1.83. The van der Waals surface area contributed by atoms with Crippen LogP contribution in [0.5, 0.6) is 0 Å². The smallest absolute Gasteiger partial charge is 0.266 e. The maximum absolute atomic E-state index is 12.3. The van der Waals surface area contributed by atoms with Crippen LogP contribution in [0.4, 0.5) is 5.00 Å². The lowest BCUT2D eigenvalue weighted by Crippen LogP contribution is -2.15. The van der Waals surface area contributed by atoms with Gasteiger partial charge in [0.1, 0.15) is 21.4 Å². The van der Waals surface area contributed by atoms with E-state index in [9.17, 15) is 18.6 Å². The zero-order chi connectivity index (χ0) is 14.2. The first kappa shape index (κ1) is 14.1. The number of nitrogens with one attached hydrogen (secondary N) is 1. The normalized spacial score (nSPS) is 12.1. The molecule has 2 aromatic rings. The Bertz CT molecular complexity index is 670. The van der Waals surface area contributed by atoms with Gasteiger partial charge in [0.15, 0.2) is 6.29 Å². The van der Waals surface area contributed by atoms with E-state index in [1.165, 1.54) is 25.2 Å². The minimum Gasteiger partial charge on any atom is -0.465 e. The van der Waals surface area contributed by atoms with E-state index < -0.39 is 16.3 Å². The Balaban J connectivity index is 2.52. The highest BCUT2D eigenvalue weighted by Gasteiger charge is 2.30. The lowest BCUT2D eigenvalue weighted by molar-refractivity contribution is -0.0453. The molecule has 19 heavy (non-hydrogen) atoms. The second-order valence-corrected chi connectivity index (χ2v) is 6.48. The van der Waals surface area contributed by atoms with Gasteiger partial charge in [0.05, 0.1) is 5.56 Å². The predicted octanol–water partition coefficient (Wildman–Crippen LogP) is 1.74. The van der Waals surface area contributed by atoms with Crippen LogP contribution in [0.1, 0.15) is 23.4 Å². The average molecular weight is 303 g/mol. The Morgan fingerprint density at radius 3 is 2.53 bits per heavy atom. The molecular formula is C11H13NO5S2. The molecule has 0 unspecified atom stereocenters. The van der Waals surface area contributed by atoms with E-state index in [2.05, 4.69) is 4.72 Å². The van der Waals surface area contributed by atoms with Crippen molar-refractivity contribution in [1.29, 1.82) is 0 Å². The molecule has 2 rings (SSSR count). The van der Waals surface area contributed by atoms with Crippen molar-refractivity contribution >= 4 is 26.4 Å². The summed E-state index contributed by atoms with van der Waals surface area (Å²) in [5, 5.41) is 20.8. The molecule has 0 aliphatic rings. The van der Waals surface area contributed by atoms with Crippen molar-refractivity contribution in [3.05, 3.63) is 34.6 Å². The molecule has 0 spiro atoms. The number of furan rings is 1. The van der Waals surface area contributed by atoms with Crippen LogP contribution in [0.25, 0.3) is 0 Å². The number of anilines is 1. The number of aryl methyl sites for hydroxylation is 2. The maximum atomic E-state index is 12.3. The Hall–Kier alpha value is -1.35. The largest absolute Gasteiger partial charge is 0.465 e. The van der Waals surface area contributed by atoms with Gasteiger partial charge in [0.25, 0.3) is 10.0 Å². The second-order valence-electron chi connectivity index (χ2n) is 3.91. The van der Waals surface area contributed by atoms with Gasteiger partial charge in [0.2, 0.25) is 0 Å². The van der Waals surface area contributed by atoms with Crippen molar-refractivity contribution in [2.75, 3.05) is 4.72 Å². The van der Waals surface area contributed by atoms with E-state index in [4.69, 9.17) is 4.42 Å². The molecule has 2 heterocycles. The highest BCUT2D eigenvalue weighted by atomic mass is 32.2. The average Bonchev–Trinajstić information content (AvgIpc) is 2.85. The van der Waals surface area contributed by atoms with Crippen LogP contribution in [0.2, 0.25) is 0 Å². The van der Waals surface area contributed by atoms with Gasteiger partial charge in [-0.1, -0.05) is 0 Å². The van der Waals surface area contributed by atoms with Gasteiger partial charge in [-0.05, 0) is 31.4 Å². The number of rotatable bonds is 4. The predicted molar refractivity (Wildman–Crippen MR) is 70.5 cm³/mol. The molecule has 104 valence electrons. The monoisotopic (exact) mass is 303 g/mol. The fourth-order valence-corrected chi connectivity index (χ4v) is 4.21. The van der Waals surface area contributed by atoms with Gasteiger partial charge in [-0.25, -0.2) is 8.42 Å². The van der Waals surface area contributed by atoms with Crippen LogP contribution >= 0.6 is 11.3 Å². The van der Waals surface area contributed by atoms with Crippen molar-refractivity contribution < 1.29 is 23.0 Å². The van der Waals surface area contributed by atoms with Crippen molar-refractivity contribution in [2.45, 2.75) is 25.0 Å². The molecule has 0 fully saturated rings. The Kier molecular flexibility index (Phi) is 3.68. The Labute approximate surface area is 114 Å². The van der Waals surface area contributed by atoms with Gasteiger partial charge < -0.3 is 14.6 Å². The lowest BCUT2D eigenvalue weighted by atomic mass is 10.2. The fraction of sp³-hybridized carbons (Fsp3) is 0.273. The molecule has 0 radical (unpaired) electrons. The third-order valence-corrected chi connectivity index (χ3v) is 4.98. The van der Waals surface area contributed by atoms with Crippen molar-refractivity contribution in [3.8, 4) is 0 Å². The minimum absolute atomic E-state index is 0.115. The summed E-state index contributed by atoms with van der Waals surface area (Å²) in [5.41, 5.74) is -0.137. The van der Waals surface area contributed by atoms with E-state index in [-0.39, 0.29) is 22.0 Å². The molecule has 0 amide bonds. The van der Waals surface area contributed by atoms with Gasteiger partial charge in [-0.2, -0.15) is 0 Å². The van der Waals surface area contributed by atoms with E-state index in [0.29, 0.717) is 5.00 Å². The standard InChI is InChI=1S/C11H13NO5S2/c1-6-9(11(13)14)10(7(2)17-6)19(15,16)12-8-4-3-5-18-8/h3-5,11-14H,1-2H3. The van der Waals surface area contributed by atoms with Crippen molar-refractivity contribution in [3.63, 3.8) is 0 Å². The number of aliphatic hydroxyl groups excluding tert-OH is 1. The molecule has 8 heteroatoms. The summed E-state index contributed by atoms with van der Waals surface area (Å²) in [6.07, 6.45) is -1.91. The lowest BCUT2D eigenvalue weighted by Gasteiger charge is -2.09. The quantitative estimate of drug-likeness (QED) is 0.747. The molecule has 3 N–H and O–H groups in total.